The Bertz CT molecular complexity index is 1560. The molecule has 3 aromatic carbocycles. The lowest BCUT2D eigenvalue weighted by atomic mass is 9.81. The number of H-pyrrole nitrogens is 1. The number of nitrogens with two attached hydrogens (primary N) is 1. The number of aromatic carboxylic acids is 1. The molecule has 1 atom stereocenters. The molecule has 4 aromatic rings. The second-order valence-electron chi connectivity index (χ2n) is 11.1. The van der Waals surface area contributed by atoms with Gasteiger partial charge in [-0.2, -0.15) is 5.21 Å². The maximum atomic E-state index is 13.5. The second kappa shape index (κ2) is 13.4. The van der Waals surface area contributed by atoms with Gasteiger partial charge in [0.15, 0.2) is 0 Å². The van der Waals surface area contributed by atoms with E-state index in [1.807, 2.05) is 31.2 Å². The third-order valence-corrected chi connectivity index (χ3v) is 8.12. The Labute approximate surface area is 249 Å². The van der Waals surface area contributed by atoms with Gasteiger partial charge < -0.3 is 21.5 Å². The molecule has 1 aromatic heterocycles. The molecule has 0 spiro atoms. The molecule has 1 aliphatic rings. The van der Waals surface area contributed by atoms with Crippen molar-refractivity contribution in [3.8, 4) is 22.5 Å². The molecule has 0 unspecified atom stereocenters. The number of aromatic nitrogens is 4. The van der Waals surface area contributed by atoms with Crippen LogP contribution >= 0.6 is 0 Å². The van der Waals surface area contributed by atoms with E-state index in [9.17, 15) is 19.5 Å². The van der Waals surface area contributed by atoms with E-state index in [2.05, 4.69) is 31.3 Å². The van der Waals surface area contributed by atoms with Crippen molar-refractivity contribution in [2.45, 2.75) is 45.1 Å². The summed E-state index contributed by atoms with van der Waals surface area (Å²) in [5, 5.41) is 29.2. The fourth-order valence-electron chi connectivity index (χ4n) is 5.55. The van der Waals surface area contributed by atoms with Crippen LogP contribution in [0.4, 0.5) is 5.69 Å². The van der Waals surface area contributed by atoms with Crippen molar-refractivity contribution >= 4 is 23.5 Å². The summed E-state index contributed by atoms with van der Waals surface area (Å²) in [7, 11) is 0. The fraction of sp³-hybridized carbons (Fsp3) is 0.312. The zero-order chi connectivity index (χ0) is 30.3. The van der Waals surface area contributed by atoms with Crippen LogP contribution in [0.5, 0.6) is 0 Å². The summed E-state index contributed by atoms with van der Waals surface area (Å²) in [6, 6.07) is 19.1. The Hall–Kier alpha value is -4.90. The second-order valence-corrected chi connectivity index (χ2v) is 11.1. The van der Waals surface area contributed by atoms with E-state index in [1.165, 1.54) is 0 Å². The molecular weight excluding hydrogens is 546 g/mol. The summed E-state index contributed by atoms with van der Waals surface area (Å²) in [5.74, 6) is -0.655. The Morgan fingerprint density at radius 2 is 1.67 bits per heavy atom. The lowest BCUT2D eigenvalue weighted by molar-refractivity contribution is -0.130. The summed E-state index contributed by atoms with van der Waals surface area (Å²) in [4.78, 5) is 38.1. The van der Waals surface area contributed by atoms with Crippen LogP contribution in [-0.2, 0) is 16.0 Å². The van der Waals surface area contributed by atoms with Crippen LogP contribution in [-0.4, -0.2) is 56.1 Å². The summed E-state index contributed by atoms with van der Waals surface area (Å²) in [6.45, 7) is 2.51. The Balaban J connectivity index is 1.31. The molecule has 0 saturated heterocycles. The zero-order valence-electron chi connectivity index (χ0n) is 23.9. The van der Waals surface area contributed by atoms with E-state index >= 15 is 0 Å². The van der Waals surface area contributed by atoms with Gasteiger partial charge in [0.1, 0.15) is 6.04 Å². The van der Waals surface area contributed by atoms with Crippen molar-refractivity contribution in [2.24, 2.45) is 17.6 Å². The van der Waals surface area contributed by atoms with Crippen molar-refractivity contribution in [3.63, 3.8) is 0 Å². The molecule has 6 N–H and O–H groups in total. The van der Waals surface area contributed by atoms with E-state index in [1.54, 1.807) is 42.5 Å². The highest BCUT2D eigenvalue weighted by Crippen LogP contribution is 2.29. The maximum absolute atomic E-state index is 13.5. The highest BCUT2D eigenvalue weighted by atomic mass is 16.4. The van der Waals surface area contributed by atoms with Crippen LogP contribution in [0.25, 0.3) is 22.5 Å². The molecule has 1 heterocycles. The van der Waals surface area contributed by atoms with Crippen LogP contribution in [0, 0.1) is 18.8 Å². The van der Waals surface area contributed by atoms with Gasteiger partial charge in [-0.25, -0.2) is 4.79 Å². The largest absolute Gasteiger partial charge is 0.478 e. The summed E-state index contributed by atoms with van der Waals surface area (Å²) >= 11 is 0. The van der Waals surface area contributed by atoms with Crippen molar-refractivity contribution in [2.75, 3.05) is 11.9 Å². The van der Waals surface area contributed by atoms with Gasteiger partial charge in [0.2, 0.25) is 17.6 Å². The molecule has 0 aliphatic heterocycles. The summed E-state index contributed by atoms with van der Waals surface area (Å²) in [5.41, 5.74) is 11.0. The van der Waals surface area contributed by atoms with Gasteiger partial charge in [0.25, 0.3) is 0 Å². The van der Waals surface area contributed by atoms with E-state index < -0.39 is 12.0 Å². The Morgan fingerprint density at radius 3 is 2.28 bits per heavy atom. The molecule has 11 nitrogen and oxygen atoms in total. The highest BCUT2D eigenvalue weighted by Gasteiger charge is 2.29. The maximum Gasteiger partial charge on any atom is 0.335 e. The van der Waals surface area contributed by atoms with E-state index in [-0.39, 0.29) is 23.3 Å². The predicted octanol–water partition coefficient (Wildman–Crippen LogP) is 3.97. The zero-order valence-corrected chi connectivity index (χ0v) is 23.9. The minimum atomic E-state index is -0.966. The molecule has 5 rings (SSSR count). The number of nitrogens with zero attached hydrogens (tertiary/aromatic N) is 3. The van der Waals surface area contributed by atoms with Gasteiger partial charge in [-0.3, -0.25) is 9.59 Å². The number of hydrogen-bond acceptors (Lipinski definition) is 7. The average Bonchev–Trinajstić information content (AvgIpc) is 3.57. The quantitative estimate of drug-likeness (QED) is 0.187. The van der Waals surface area contributed by atoms with Crippen LogP contribution < -0.4 is 16.4 Å². The van der Waals surface area contributed by atoms with Crippen LogP contribution in [0.2, 0.25) is 0 Å². The molecule has 2 amide bonds. The third-order valence-electron chi connectivity index (χ3n) is 8.12. The van der Waals surface area contributed by atoms with Gasteiger partial charge >= 0.3 is 5.97 Å². The first-order valence-corrected chi connectivity index (χ1v) is 14.4. The number of amides is 2. The topological polar surface area (TPSA) is 176 Å². The normalized spacial score (nSPS) is 17.2. The number of hydrogen-bond donors (Lipinski definition) is 5. The van der Waals surface area contributed by atoms with Crippen LogP contribution in [0.3, 0.4) is 0 Å². The first-order chi connectivity index (χ1) is 20.8. The monoisotopic (exact) mass is 581 g/mol. The molecule has 0 radical (unpaired) electrons. The van der Waals surface area contributed by atoms with Crippen LogP contribution in [0.1, 0.15) is 47.2 Å². The van der Waals surface area contributed by atoms with E-state index in [0.717, 1.165) is 53.5 Å². The average molecular weight is 582 g/mol. The number of carboxylic acid groups (broad SMARTS) is 1. The van der Waals surface area contributed by atoms with Gasteiger partial charge in [0, 0.05) is 23.6 Å². The standard InChI is InChI=1S/C32H35N7O4/c1-19-16-25(32(42)43)12-15-27(19)22-6-2-20(3-7-22)17-28(35-30(40)24-8-4-21(18-33)5-9-24)31(41)34-26-13-10-23(11-14-26)29-36-38-39-37-29/h2-3,6-7,10-16,21,24,28H,4-5,8-9,17-18,33H2,1H3,(H,34,41)(H,35,40)(H,42,43)(H,36,37,38,39)/t21?,24?,28-/m0/s1. The van der Waals surface area contributed by atoms with Crippen molar-refractivity contribution in [3.05, 3.63) is 83.4 Å². The van der Waals surface area contributed by atoms with Crippen molar-refractivity contribution < 1.29 is 19.5 Å². The number of benzene rings is 3. The van der Waals surface area contributed by atoms with Crippen molar-refractivity contribution in [1.82, 2.24) is 25.9 Å². The number of carbonyl (C=O) groups excluding carboxylic acids is 2. The Morgan fingerprint density at radius 1 is 0.977 bits per heavy atom. The number of rotatable bonds is 10. The Kier molecular flexibility index (Phi) is 9.21. The number of carbonyl (C=O) groups is 3. The fourth-order valence-corrected chi connectivity index (χ4v) is 5.55. The number of carboxylic acids is 1. The lowest BCUT2D eigenvalue weighted by Crippen LogP contribution is -2.48. The number of aromatic amines is 1. The predicted molar refractivity (Wildman–Crippen MR) is 162 cm³/mol. The van der Waals surface area contributed by atoms with Crippen molar-refractivity contribution in [1.29, 1.82) is 0 Å². The molecule has 1 saturated carbocycles. The molecule has 43 heavy (non-hydrogen) atoms. The van der Waals surface area contributed by atoms with E-state index in [4.69, 9.17) is 5.73 Å². The van der Waals surface area contributed by atoms with Gasteiger partial charge in [-0.15, -0.1) is 10.2 Å². The lowest BCUT2D eigenvalue weighted by Gasteiger charge is -2.28. The SMILES string of the molecule is Cc1cc(C(=O)O)ccc1-c1ccc(C[C@H](NC(=O)C2CCC(CN)CC2)C(=O)Nc2ccc(-c3nn[nH]n3)cc2)cc1. The molecule has 11 heteroatoms. The van der Waals surface area contributed by atoms with Gasteiger partial charge in [-0.1, -0.05) is 30.3 Å². The number of aryl methyl sites for hydroxylation is 1. The molecular formula is C32H35N7O4. The molecule has 1 aliphatic carbocycles. The highest BCUT2D eigenvalue weighted by molar-refractivity contribution is 5.98. The minimum Gasteiger partial charge on any atom is -0.478 e. The molecule has 1 fully saturated rings. The first-order valence-electron chi connectivity index (χ1n) is 14.4. The molecule has 0 bridgehead atoms. The summed E-state index contributed by atoms with van der Waals surface area (Å²) < 4.78 is 0. The van der Waals surface area contributed by atoms with Crippen LogP contribution in [0.15, 0.2) is 66.7 Å². The number of anilines is 1. The number of tetrazole rings is 1. The molecule has 222 valence electrons. The first kappa shape index (κ1) is 29.6. The summed E-state index contributed by atoms with van der Waals surface area (Å²) in [6.07, 6.45) is 3.63. The smallest absolute Gasteiger partial charge is 0.335 e. The van der Waals surface area contributed by atoms with Gasteiger partial charge in [0.05, 0.1) is 5.56 Å². The minimum absolute atomic E-state index is 0.117. The van der Waals surface area contributed by atoms with E-state index in [0.29, 0.717) is 30.4 Å². The third kappa shape index (κ3) is 7.31. The number of nitrogens with one attached hydrogen (secondary N) is 3. The van der Waals surface area contributed by atoms with Gasteiger partial charge in [-0.05, 0) is 109 Å².